The van der Waals surface area contributed by atoms with Gasteiger partial charge in [0.1, 0.15) is 17.1 Å². The van der Waals surface area contributed by atoms with Gasteiger partial charge in [-0.2, -0.15) is 0 Å². The van der Waals surface area contributed by atoms with Crippen molar-refractivity contribution < 1.29 is 28.9 Å². The first-order valence-electron chi connectivity index (χ1n) is 12.1. The van der Waals surface area contributed by atoms with E-state index in [0.717, 1.165) is 0 Å². The van der Waals surface area contributed by atoms with E-state index in [1.807, 2.05) is 36.4 Å². The van der Waals surface area contributed by atoms with Crippen LogP contribution in [-0.4, -0.2) is 59.0 Å². The van der Waals surface area contributed by atoms with Crippen LogP contribution in [0.4, 0.5) is 10.1 Å². The van der Waals surface area contributed by atoms with E-state index in [4.69, 9.17) is 4.74 Å². The minimum Gasteiger partial charge on any atom is -0.496 e. The summed E-state index contributed by atoms with van der Waals surface area (Å²) >= 11 is 1.91. The molecule has 1 fully saturated rings. The topological polar surface area (TPSA) is 112 Å². The lowest BCUT2D eigenvalue weighted by molar-refractivity contribution is -0.126. The number of carbonyl (C=O) groups is 2. The summed E-state index contributed by atoms with van der Waals surface area (Å²) in [6.07, 6.45) is 1.68. The lowest BCUT2D eigenvalue weighted by Gasteiger charge is -2.27. The molecule has 11 heteroatoms. The summed E-state index contributed by atoms with van der Waals surface area (Å²) in [7, 11) is 3.13. The first kappa shape index (κ1) is 27.8. The standard InChI is InChI=1S/C27H29FIN3O6/c1-14(2)22(13-33)31-12-19(27(36)37)26(35)18-9-15(23(38-4)11-21(18)31)7-16-8-17(10-20(29)25(16)28)32-6-5-24(34)30(32)3/h8-12,14,22,33H,5-7,13H2,1-4H3,(H,36,37)/t22-/m1/s1. The molecule has 0 spiro atoms. The Kier molecular flexibility index (Phi) is 7.98. The molecule has 2 aromatic carbocycles. The van der Waals surface area contributed by atoms with Crippen molar-refractivity contribution >= 4 is 51.1 Å². The van der Waals surface area contributed by atoms with Crippen LogP contribution in [0, 0.1) is 15.3 Å². The van der Waals surface area contributed by atoms with E-state index in [1.165, 1.54) is 18.3 Å². The maximum Gasteiger partial charge on any atom is 0.341 e. The average Bonchev–Trinajstić information content (AvgIpc) is 3.20. The maximum atomic E-state index is 15.3. The monoisotopic (exact) mass is 637 g/mol. The molecular formula is C27H29FIN3O6. The Morgan fingerprint density at radius 2 is 1.89 bits per heavy atom. The fourth-order valence-electron chi connectivity index (χ4n) is 4.86. The molecule has 202 valence electrons. The fraction of sp³-hybridized carbons (Fsp3) is 0.370. The predicted octanol–water partition coefficient (Wildman–Crippen LogP) is 3.82. The molecule has 1 aromatic heterocycles. The number of carbonyl (C=O) groups excluding carboxylic acids is 1. The number of carboxylic acids is 1. The van der Waals surface area contributed by atoms with E-state index in [-0.39, 0.29) is 30.2 Å². The SMILES string of the molecule is COc1cc2c(cc1Cc1cc(N3CCC(=O)N3C)cc(I)c1F)c(=O)c(C(=O)O)cn2[C@H](CO)C(C)C. The third kappa shape index (κ3) is 4.96. The molecule has 1 aliphatic rings. The van der Waals surface area contributed by atoms with Crippen LogP contribution in [0.3, 0.4) is 0 Å². The number of benzene rings is 2. The van der Waals surface area contributed by atoms with Gasteiger partial charge in [-0.1, -0.05) is 13.8 Å². The van der Waals surface area contributed by atoms with Crippen LogP contribution >= 0.6 is 22.6 Å². The number of pyridine rings is 1. The average molecular weight is 637 g/mol. The number of amides is 1. The highest BCUT2D eigenvalue weighted by molar-refractivity contribution is 14.1. The van der Waals surface area contributed by atoms with Crippen molar-refractivity contribution in [2.24, 2.45) is 5.92 Å². The first-order chi connectivity index (χ1) is 18.0. The van der Waals surface area contributed by atoms with Crippen molar-refractivity contribution in [3.05, 3.63) is 66.8 Å². The van der Waals surface area contributed by atoms with Crippen molar-refractivity contribution in [1.82, 2.24) is 9.58 Å². The summed E-state index contributed by atoms with van der Waals surface area (Å²) in [5.41, 5.74) is 0.814. The number of anilines is 1. The van der Waals surface area contributed by atoms with Crippen LogP contribution < -0.4 is 15.2 Å². The number of hydrogen-bond acceptors (Lipinski definition) is 6. The van der Waals surface area contributed by atoms with Crippen LogP contribution in [0.25, 0.3) is 10.9 Å². The molecule has 1 aliphatic heterocycles. The van der Waals surface area contributed by atoms with Gasteiger partial charge in [-0.05, 0) is 57.8 Å². The molecule has 0 saturated carbocycles. The quantitative estimate of drug-likeness (QED) is 0.362. The molecule has 2 N–H and O–H groups in total. The summed E-state index contributed by atoms with van der Waals surface area (Å²) in [6, 6.07) is 6.02. The Balaban J connectivity index is 1.90. The minimum atomic E-state index is -1.37. The molecule has 0 radical (unpaired) electrons. The lowest BCUT2D eigenvalue weighted by atomic mass is 9.98. The molecule has 38 heavy (non-hydrogen) atoms. The van der Waals surface area contributed by atoms with Crippen molar-refractivity contribution in [2.75, 3.05) is 32.3 Å². The molecule has 0 unspecified atom stereocenters. The van der Waals surface area contributed by atoms with Gasteiger partial charge in [0.2, 0.25) is 11.3 Å². The van der Waals surface area contributed by atoms with Gasteiger partial charge in [0.25, 0.3) is 0 Å². The van der Waals surface area contributed by atoms with Crippen LogP contribution in [0.2, 0.25) is 0 Å². The zero-order chi connectivity index (χ0) is 27.9. The van der Waals surface area contributed by atoms with Gasteiger partial charge in [-0.3, -0.25) is 19.6 Å². The number of aliphatic hydroxyl groups excluding tert-OH is 1. The Bertz CT molecular complexity index is 1490. The van der Waals surface area contributed by atoms with E-state index < -0.39 is 28.8 Å². The summed E-state index contributed by atoms with van der Waals surface area (Å²) < 4.78 is 22.9. The van der Waals surface area contributed by atoms with Crippen LogP contribution in [0.1, 0.15) is 47.8 Å². The summed E-state index contributed by atoms with van der Waals surface area (Å²) in [5.74, 6) is -1.51. The molecule has 2 heterocycles. The molecule has 1 saturated heterocycles. The summed E-state index contributed by atoms with van der Waals surface area (Å²) in [6.45, 7) is 4.00. The largest absolute Gasteiger partial charge is 0.496 e. The number of hydrazine groups is 1. The second kappa shape index (κ2) is 10.9. The van der Waals surface area contributed by atoms with Crippen molar-refractivity contribution in [2.45, 2.75) is 32.7 Å². The number of carboxylic acid groups (broad SMARTS) is 1. The number of halogens is 2. The second-order valence-corrected chi connectivity index (χ2v) is 10.8. The predicted molar refractivity (Wildman–Crippen MR) is 149 cm³/mol. The molecule has 1 amide bonds. The Morgan fingerprint density at radius 1 is 1.18 bits per heavy atom. The Labute approximate surface area is 232 Å². The number of rotatable bonds is 8. The van der Waals surface area contributed by atoms with Gasteiger partial charge >= 0.3 is 5.97 Å². The number of hydrogen-bond donors (Lipinski definition) is 2. The molecule has 4 rings (SSSR count). The number of aromatic carboxylic acids is 1. The molecule has 1 atom stereocenters. The molecule has 0 aliphatic carbocycles. The maximum absolute atomic E-state index is 15.3. The smallest absolute Gasteiger partial charge is 0.341 e. The molecule has 9 nitrogen and oxygen atoms in total. The normalized spacial score (nSPS) is 14.6. The lowest BCUT2D eigenvalue weighted by Crippen LogP contribution is -2.35. The van der Waals surface area contributed by atoms with Crippen molar-refractivity contribution in [1.29, 1.82) is 0 Å². The van der Waals surface area contributed by atoms with E-state index in [9.17, 15) is 24.6 Å². The number of aromatic nitrogens is 1. The highest BCUT2D eigenvalue weighted by atomic mass is 127. The number of methoxy groups -OCH3 is 1. The van der Waals surface area contributed by atoms with Gasteiger partial charge in [0, 0.05) is 44.1 Å². The van der Waals surface area contributed by atoms with E-state index in [1.54, 1.807) is 40.9 Å². The van der Waals surface area contributed by atoms with E-state index in [0.29, 0.717) is 44.6 Å². The number of aliphatic hydroxyl groups is 1. The van der Waals surface area contributed by atoms with E-state index in [2.05, 4.69) is 0 Å². The number of fused-ring (bicyclic) bond motifs is 1. The zero-order valence-electron chi connectivity index (χ0n) is 21.5. The third-order valence-corrected chi connectivity index (χ3v) is 7.79. The molecule has 3 aromatic rings. The van der Waals surface area contributed by atoms with Crippen LogP contribution in [-0.2, 0) is 11.2 Å². The fourth-order valence-corrected chi connectivity index (χ4v) is 5.53. The van der Waals surface area contributed by atoms with Gasteiger partial charge in [-0.15, -0.1) is 0 Å². The van der Waals surface area contributed by atoms with Crippen LogP contribution in [0.5, 0.6) is 5.75 Å². The number of nitrogens with zero attached hydrogens (tertiary/aromatic N) is 3. The zero-order valence-corrected chi connectivity index (χ0v) is 23.7. The Morgan fingerprint density at radius 3 is 2.45 bits per heavy atom. The highest BCUT2D eigenvalue weighted by Gasteiger charge is 2.27. The van der Waals surface area contributed by atoms with Gasteiger partial charge in [-0.25, -0.2) is 9.18 Å². The van der Waals surface area contributed by atoms with E-state index >= 15 is 4.39 Å². The minimum absolute atomic E-state index is 0.0322. The summed E-state index contributed by atoms with van der Waals surface area (Å²) in [4.78, 5) is 37.2. The Hall–Kier alpha value is -3.19. The molecular weight excluding hydrogens is 608 g/mol. The second-order valence-electron chi connectivity index (χ2n) is 9.63. The number of ether oxygens (including phenoxy) is 1. The molecule has 0 bridgehead atoms. The van der Waals surface area contributed by atoms with Gasteiger partial charge in [0.15, 0.2) is 0 Å². The highest BCUT2D eigenvalue weighted by Crippen LogP contribution is 2.33. The van der Waals surface area contributed by atoms with Gasteiger partial charge in [0.05, 0.1) is 34.5 Å². The van der Waals surface area contributed by atoms with Crippen molar-refractivity contribution in [3.8, 4) is 5.75 Å². The van der Waals surface area contributed by atoms with Crippen LogP contribution in [0.15, 0.2) is 35.3 Å². The van der Waals surface area contributed by atoms with Crippen molar-refractivity contribution in [3.63, 3.8) is 0 Å². The summed E-state index contributed by atoms with van der Waals surface area (Å²) in [5, 5.41) is 23.2. The van der Waals surface area contributed by atoms with Gasteiger partial charge < -0.3 is 19.5 Å². The third-order valence-electron chi connectivity index (χ3n) is 7.01. The first-order valence-corrected chi connectivity index (χ1v) is 13.2.